The number of hydrogen-bond donors (Lipinski definition) is 0. The van der Waals surface area contributed by atoms with Gasteiger partial charge in [-0.3, -0.25) is 0 Å². The Labute approximate surface area is 202 Å². The Bertz CT molecular complexity index is 1040. The number of para-hydroxylation sites is 2. The van der Waals surface area contributed by atoms with Crippen molar-refractivity contribution in [2.75, 3.05) is 0 Å². The fraction of sp³-hybridized carbons (Fsp3) is 0. The Morgan fingerprint density at radius 3 is 1.24 bits per heavy atom. The molecule has 0 amide bonds. The second kappa shape index (κ2) is 15.9. The Kier molecular flexibility index (Phi) is 14.0. The Balaban J connectivity index is 0.000000569. The maximum absolute atomic E-state index is 7.62. The predicted octanol–water partition coefficient (Wildman–Crippen LogP) is 4.18. The van der Waals surface area contributed by atoms with Crippen molar-refractivity contribution < 1.29 is 38.2 Å². The van der Waals surface area contributed by atoms with E-state index in [4.69, 9.17) is 10.2 Å². The SMILES string of the molecule is [Mn+2].[OH-].[OH-].[OH2+]c1ccccc1C=Nc1ccccn1.[OH2+]c1ccccc1C=Nc1ccccn1. The zero-order valence-electron chi connectivity index (χ0n) is 17.5. The molecule has 4 rings (SSSR count). The number of hydrogen-bond acceptors (Lipinski definition) is 6. The second-order valence-electron chi connectivity index (χ2n) is 6.07. The maximum Gasteiger partial charge on any atom is 2.00 e. The van der Waals surface area contributed by atoms with Crippen molar-refractivity contribution in [1.82, 2.24) is 9.97 Å². The molecule has 6 N–H and O–H groups in total. The molecule has 0 bridgehead atoms. The molecule has 0 saturated carbocycles. The molecule has 169 valence electrons. The number of aliphatic imine (C=N–C) groups is 2. The Morgan fingerprint density at radius 1 is 0.545 bits per heavy atom. The summed E-state index contributed by atoms with van der Waals surface area (Å²) in [6.45, 7) is 0. The van der Waals surface area contributed by atoms with Crippen molar-refractivity contribution in [2.24, 2.45) is 9.98 Å². The molecule has 4 aromatic rings. The van der Waals surface area contributed by atoms with Crippen LogP contribution in [0.5, 0.6) is 11.5 Å². The molecule has 0 saturated heterocycles. The van der Waals surface area contributed by atoms with Gasteiger partial charge in [-0.25, -0.2) is 20.0 Å². The molecular formula is C24H24MnN4O4+2. The third-order valence-corrected chi connectivity index (χ3v) is 3.89. The van der Waals surface area contributed by atoms with Gasteiger partial charge in [0.2, 0.25) is 0 Å². The molecule has 0 aliphatic heterocycles. The third-order valence-electron chi connectivity index (χ3n) is 3.89. The van der Waals surface area contributed by atoms with E-state index in [2.05, 4.69) is 20.0 Å². The summed E-state index contributed by atoms with van der Waals surface area (Å²) in [4.78, 5) is 16.5. The van der Waals surface area contributed by atoms with E-state index in [1.807, 2.05) is 72.8 Å². The van der Waals surface area contributed by atoms with Crippen molar-refractivity contribution in [3.63, 3.8) is 0 Å². The number of rotatable bonds is 4. The monoisotopic (exact) mass is 487 g/mol. The topological polar surface area (TPSA) is 156 Å². The van der Waals surface area contributed by atoms with Crippen LogP contribution in [-0.2, 0) is 17.1 Å². The molecular weight excluding hydrogens is 463 g/mol. The van der Waals surface area contributed by atoms with Crippen LogP contribution in [0.3, 0.4) is 0 Å². The van der Waals surface area contributed by atoms with Crippen LogP contribution < -0.4 is 0 Å². The van der Waals surface area contributed by atoms with Gasteiger partial charge < -0.3 is 21.2 Å². The number of benzene rings is 2. The van der Waals surface area contributed by atoms with Gasteiger partial charge in [-0.2, -0.15) is 0 Å². The van der Waals surface area contributed by atoms with E-state index in [9.17, 15) is 0 Å². The van der Waals surface area contributed by atoms with Gasteiger partial charge >= 0.3 is 17.1 Å². The van der Waals surface area contributed by atoms with Crippen molar-refractivity contribution in [2.45, 2.75) is 0 Å². The van der Waals surface area contributed by atoms with Gasteiger partial charge in [0, 0.05) is 37.0 Å². The Morgan fingerprint density at radius 2 is 0.909 bits per heavy atom. The summed E-state index contributed by atoms with van der Waals surface area (Å²) in [6.07, 6.45) is 6.70. The van der Waals surface area contributed by atoms with Crippen LogP contribution >= 0.6 is 0 Å². The summed E-state index contributed by atoms with van der Waals surface area (Å²) < 4.78 is 0. The largest absolute Gasteiger partial charge is 2.00 e. The molecule has 2 heterocycles. The van der Waals surface area contributed by atoms with E-state index in [1.54, 1.807) is 37.0 Å². The molecule has 0 atom stereocenters. The average Bonchev–Trinajstić information content (AvgIpc) is 2.80. The predicted molar refractivity (Wildman–Crippen MR) is 126 cm³/mol. The van der Waals surface area contributed by atoms with Crippen LogP contribution in [0.1, 0.15) is 11.1 Å². The van der Waals surface area contributed by atoms with Crippen LogP contribution in [0.15, 0.2) is 107 Å². The first-order valence-electron chi connectivity index (χ1n) is 9.24. The molecule has 0 aliphatic carbocycles. The van der Waals surface area contributed by atoms with Crippen LogP contribution in [-0.4, -0.2) is 43.6 Å². The fourth-order valence-electron chi connectivity index (χ4n) is 2.35. The second-order valence-corrected chi connectivity index (χ2v) is 6.07. The molecule has 0 aliphatic rings. The van der Waals surface area contributed by atoms with Crippen molar-refractivity contribution in [1.29, 1.82) is 0 Å². The van der Waals surface area contributed by atoms with Crippen LogP contribution in [0, 0.1) is 0 Å². The number of nitrogens with zero attached hydrogens (tertiary/aromatic N) is 4. The van der Waals surface area contributed by atoms with Gasteiger partial charge in [-0.15, -0.1) is 0 Å². The first kappa shape index (κ1) is 29.1. The molecule has 9 heteroatoms. The minimum atomic E-state index is 0. The molecule has 0 spiro atoms. The minimum absolute atomic E-state index is 0. The van der Waals surface area contributed by atoms with E-state index < -0.39 is 0 Å². The minimum Gasteiger partial charge on any atom is -0.870 e. The zero-order chi connectivity index (χ0) is 21.0. The average molecular weight is 487 g/mol. The van der Waals surface area contributed by atoms with Crippen LogP contribution in [0.25, 0.3) is 0 Å². The quantitative estimate of drug-likeness (QED) is 0.240. The molecule has 0 fully saturated rings. The van der Waals surface area contributed by atoms with Gasteiger partial charge in [0.25, 0.3) is 11.5 Å². The van der Waals surface area contributed by atoms with E-state index in [0.717, 1.165) is 11.1 Å². The van der Waals surface area contributed by atoms with Crippen molar-refractivity contribution in [3.8, 4) is 11.5 Å². The molecule has 1 radical (unpaired) electrons. The van der Waals surface area contributed by atoms with E-state index in [1.165, 1.54) is 0 Å². The van der Waals surface area contributed by atoms with Gasteiger partial charge in [-0.1, -0.05) is 36.4 Å². The summed E-state index contributed by atoms with van der Waals surface area (Å²) in [7, 11) is 0. The summed E-state index contributed by atoms with van der Waals surface area (Å²) in [6, 6.07) is 25.7. The summed E-state index contributed by atoms with van der Waals surface area (Å²) in [5, 5.41) is 15.2. The summed E-state index contributed by atoms with van der Waals surface area (Å²) >= 11 is 0. The van der Waals surface area contributed by atoms with Crippen LogP contribution in [0.2, 0.25) is 0 Å². The van der Waals surface area contributed by atoms with E-state index >= 15 is 0 Å². The van der Waals surface area contributed by atoms with E-state index in [0.29, 0.717) is 23.1 Å². The van der Waals surface area contributed by atoms with Crippen LogP contribution in [0.4, 0.5) is 11.6 Å². The van der Waals surface area contributed by atoms with Gasteiger partial charge in [0.1, 0.15) is 0 Å². The maximum atomic E-state index is 7.62. The first-order valence-corrected chi connectivity index (χ1v) is 9.24. The number of aromatic nitrogens is 2. The van der Waals surface area contributed by atoms with Crippen molar-refractivity contribution in [3.05, 3.63) is 108 Å². The zero-order valence-corrected chi connectivity index (χ0v) is 18.6. The normalized spacial score (nSPS) is 9.70. The molecule has 33 heavy (non-hydrogen) atoms. The first-order chi connectivity index (χ1) is 14.7. The Hall–Kier alpha value is -3.88. The smallest absolute Gasteiger partial charge is 0.870 e. The van der Waals surface area contributed by atoms with Gasteiger partial charge in [0.05, 0.1) is 11.1 Å². The third kappa shape index (κ3) is 9.86. The molecule has 0 unspecified atom stereocenters. The van der Waals surface area contributed by atoms with Crippen molar-refractivity contribution >= 4 is 24.1 Å². The molecule has 8 nitrogen and oxygen atoms in total. The molecule has 2 aromatic carbocycles. The molecule has 2 aromatic heterocycles. The summed E-state index contributed by atoms with van der Waals surface area (Å²) in [5.74, 6) is 2.25. The van der Waals surface area contributed by atoms with E-state index in [-0.39, 0.29) is 28.0 Å². The fourth-order valence-corrected chi connectivity index (χ4v) is 2.35. The summed E-state index contributed by atoms with van der Waals surface area (Å²) in [5.41, 5.74) is 1.59. The standard InChI is InChI=1S/2C12H10N2O.Mn.2H2O/c2*15-11-6-2-1-5-10(11)9-14-12-7-3-4-8-13-12;;;/h2*1-9,15H;;2*1H2/q;;+2;;. The number of pyridine rings is 2. The van der Waals surface area contributed by atoms with Gasteiger partial charge in [0.15, 0.2) is 11.6 Å². The van der Waals surface area contributed by atoms with Gasteiger partial charge in [-0.05, 0) is 36.4 Å².